The third-order valence-electron chi connectivity index (χ3n) is 16.2. The van der Waals surface area contributed by atoms with E-state index in [-0.39, 0.29) is 18.5 Å². The number of ether oxygens (including phenoxy) is 1. The summed E-state index contributed by atoms with van der Waals surface area (Å²) in [5.41, 5.74) is 0. The van der Waals surface area contributed by atoms with Crippen LogP contribution in [-0.2, 0) is 14.3 Å². The van der Waals surface area contributed by atoms with Crippen molar-refractivity contribution in [2.75, 3.05) is 13.2 Å². The van der Waals surface area contributed by atoms with Gasteiger partial charge >= 0.3 is 5.97 Å². The fourth-order valence-corrected chi connectivity index (χ4v) is 10.9. The summed E-state index contributed by atoms with van der Waals surface area (Å²) in [5.74, 6) is -0.0608. The summed E-state index contributed by atoms with van der Waals surface area (Å²) in [6.07, 6.45) is 82.4. The second kappa shape index (κ2) is 65.9. The predicted molar refractivity (Wildman–Crippen MR) is 333 cm³/mol. The maximum Gasteiger partial charge on any atom is 0.305 e. The third kappa shape index (κ3) is 61.6. The molecule has 0 saturated heterocycles. The Morgan fingerprint density at radius 1 is 0.355 bits per heavy atom. The highest BCUT2D eigenvalue weighted by molar-refractivity contribution is 5.76. The molecule has 0 aromatic carbocycles. The number of esters is 1. The van der Waals surface area contributed by atoms with E-state index in [0.717, 1.165) is 44.9 Å². The normalized spacial score (nSPS) is 12.6. The van der Waals surface area contributed by atoms with Crippen molar-refractivity contribution in [1.82, 2.24) is 5.32 Å². The molecule has 76 heavy (non-hydrogen) atoms. The van der Waals surface area contributed by atoms with Gasteiger partial charge in [-0.25, -0.2) is 0 Å². The van der Waals surface area contributed by atoms with Crippen LogP contribution < -0.4 is 5.32 Å². The van der Waals surface area contributed by atoms with Gasteiger partial charge in [-0.15, -0.1) is 0 Å². The van der Waals surface area contributed by atoms with Crippen LogP contribution in [0.1, 0.15) is 386 Å². The van der Waals surface area contributed by atoms with Crippen LogP contribution in [0.2, 0.25) is 0 Å². The summed E-state index contributed by atoms with van der Waals surface area (Å²) in [7, 11) is 0. The van der Waals surface area contributed by atoms with Crippen LogP contribution in [0.4, 0.5) is 0 Å². The maximum atomic E-state index is 12.5. The first-order valence-electron chi connectivity index (χ1n) is 34.6. The van der Waals surface area contributed by atoms with Crippen LogP contribution >= 0.6 is 0 Å². The number of rotatable bonds is 65. The number of carbonyl (C=O) groups is 2. The largest absolute Gasteiger partial charge is 0.466 e. The molecule has 2 unspecified atom stereocenters. The van der Waals surface area contributed by atoms with Crippen LogP contribution in [0.15, 0.2) is 24.3 Å². The zero-order chi connectivity index (χ0) is 55.0. The van der Waals surface area contributed by atoms with E-state index in [9.17, 15) is 19.8 Å². The van der Waals surface area contributed by atoms with Crippen LogP contribution in [-0.4, -0.2) is 47.4 Å². The topological polar surface area (TPSA) is 95.9 Å². The highest BCUT2D eigenvalue weighted by Crippen LogP contribution is 2.18. The fourth-order valence-electron chi connectivity index (χ4n) is 10.9. The van der Waals surface area contributed by atoms with E-state index in [1.54, 1.807) is 6.08 Å². The molecular weight excluding hydrogens is 935 g/mol. The zero-order valence-corrected chi connectivity index (χ0v) is 51.5. The van der Waals surface area contributed by atoms with Crippen molar-refractivity contribution >= 4 is 11.9 Å². The zero-order valence-electron chi connectivity index (χ0n) is 51.5. The minimum absolute atomic E-state index is 0.0107. The number of aliphatic hydroxyl groups excluding tert-OH is 2. The Balaban J connectivity index is 3.44. The van der Waals surface area contributed by atoms with Gasteiger partial charge in [0.15, 0.2) is 0 Å². The minimum atomic E-state index is -0.851. The molecule has 6 nitrogen and oxygen atoms in total. The molecule has 0 spiro atoms. The van der Waals surface area contributed by atoms with E-state index in [2.05, 4.69) is 31.3 Å². The summed E-state index contributed by atoms with van der Waals surface area (Å²) in [4.78, 5) is 24.6. The molecule has 0 aromatic rings. The molecule has 0 aromatic heterocycles. The maximum absolute atomic E-state index is 12.5. The van der Waals surface area contributed by atoms with E-state index in [1.807, 2.05) is 6.08 Å². The molecule has 0 aliphatic carbocycles. The molecule has 0 bridgehead atoms. The van der Waals surface area contributed by atoms with Crippen LogP contribution in [0.5, 0.6) is 0 Å². The highest BCUT2D eigenvalue weighted by Gasteiger charge is 2.18. The van der Waals surface area contributed by atoms with E-state index in [4.69, 9.17) is 4.74 Å². The highest BCUT2D eigenvalue weighted by atomic mass is 16.5. The van der Waals surface area contributed by atoms with Crippen LogP contribution in [0, 0.1) is 0 Å². The van der Waals surface area contributed by atoms with Crippen LogP contribution in [0.25, 0.3) is 0 Å². The second-order valence-corrected chi connectivity index (χ2v) is 23.9. The van der Waals surface area contributed by atoms with E-state index >= 15 is 0 Å². The fraction of sp³-hybridized carbons (Fsp3) is 0.914. The average molecular weight is 1070 g/mol. The van der Waals surface area contributed by atoms with E-state index in [0.29, 0.717) is 19.4 Å². The Morgan fingerprint density at radius 3 is 0.934 bits per heavy atom. The van der Waals surface area contributed by atoms with Crippen molar-refractivity contribution in [2.24, 2.45) is 0 Å². The van der Waals surface area contributed by atoms with Gasteiger partial charge in [0.25, 0.3) is 0 Å². The lowest BCUT2D eigenvalue weighted by molar-refractivity contribution is -0.143. The summed E-state index contributed by atoms with van der Waals surface area (Å²) in [5, 5.41) is 23.3. The van der Waals surface area contributed by atoms with Crippen molar-refractivity contribution in [3.63, 3.8) is 0 Å². The molecule has 450 valence electrons. The Labute approximate surface area is 475 Å². The van der Waals surface area contributed by atoms with Crippen molar-refractivity contribution in [3.8, 4) is 0 Å². The van der Waals surface area contributed by atoms with E-state index in [1.165, 1.54) is 315 Å². The number of nitrogens with one attached hydrogen (secondary N) is 1. The van der Waals surface area contributed by atoms with Crippen LogP contribution in [0.3, 0.4) is 0 Å². The first kappa shape index (κ1) is 74.3. The summed E-state index contributed by atoms with van der Waals surface area (Å²) in [6, 6.07) is -0.635. The smallest absolute Gasteiger partial charge is 0.305 e. The third-order valence-corrected chi connectivity index (χ3v) is 16.2. The minimum Gasteiger partial charge on any atom is -0.466 e. The quantitative estimate of drug-likeness (QED) is 0.0320. The lowest BCUT2D eigenvalue weighted by atomic mass is 10.0. The molecular formula is C70H135NO5. The molecule has 0 saturated carbocycles. The molecule has 0 aliphatic rings. The van der Waals surface area contributed by atoms with Gasteiger partial charge in [0.1, 0.15) is 0 Å². The summed E-state index contributed by atoms with van der Waals surface area (Å²) >= 11 is 0. The lowest BCUT2D eigenvalue weighted by Crippen LogP contribution is -2.45. The van der Waals surface area contributed by atoms with Gasteiger partial charge in [0.2, 0.25) is 5.91 Å². The Kier molecular flexibility index (Phi) is 64.4. The number of unbranched alkanes of at least 4 members (excludes halogenated alkanes) is 52. The lowest BCUT2D eigenvalue weighted by Gasteiger charge is -2.20. The average Bonchev–Trinajstić information content (AvgIpc) is 3.42. The van der Waals surface area contributed by atoms with Gasteiger partial charge in [-0.1, -0.05) is 340 Å². The molecule has 0 radical (unpaired) electrons. The predicted octanol–water partition coefficient (Wildman–Crippen LogP) is 22.1. The number of amides is 1. The molecule has 2 atom stereocenters. The number of aliphatic hydroxyl groups is 2. The van der Waals surface area contributed by atoms with Crippen molar-refractivity contribution in [3.05, 3.63) is 24.3 Å². The number of hydrogen-bond acceptors (Lipinski definition) is 5. The van der Waals surface area contributed by atoms with Gasteiger partial charge in [0.05, 0.1) is 25.4 Å². The SMILES string of the molecule is CCCCCCCCCCCCCCCCCCCCCCCC/C=C/C(O)C(CO)NC(=O)CCCCCCCCC/C=C\CCCCCCCCCCCCOC(=O)CCCCCCCCCCCCCCCC. The second-order valence-electron chi connectivity index (χ2n) is 23.9. The number of carbonyl (C=O) groups excluding carboxylic acids is 2. The molecule has 0 aliphatic heterocycles. The van der Waals surface area contributed by atoms with Gasteiger partial charge in [-0.2, -0.15) is 0 Å². The summed E-state index contributed by atoms with van der Waals surface area (Å²) in [6.45, 7) is 4.94. The van der Waals surface area contributed by atoms with Gasteiger partial charge < -0.3 is 20.3 Å². The monoisotopic (exact) mass is 1070 g/mol. The summed E-state index contributed by atoms with van der Waals surface area (Å²) < 4.78 is 5.49. The Bertz CT molecular complexity index is 1190. The van der Waals surface area contributed by atoms with Crippen molar-refractivity contribution < 1.29 is 24.5 Å². The van der Waals surface area contributed by atoms with Crippen molar-refractivity contribution in [1.29, 1.82) is 0 Å². The first-order chi connectivity index (χ1) is 37.5. The molecule has 3 N–H and O–H groups in total. The standard InChI is InChI=1S/C70H135NO5/c1-3-5-7-9-11-13-15-17-19-20-21-22-23-24-26-29-32-35-38-42-46-50-54-58-62-68(73)67(66-72)71-69(74)63-59-55-51-47-43-39-36-33-30-27-25-28-31-34-37-41-45-49-53-57-61-65-76-70(75)64-60-56-52-48-44-40-18-16-14-12-10-8-6-4-2/h27,30,58,62,67-68,72-73H,3-26,28-29,31-57,59-61,63-66H2,1-2H3,(H,71,74)/b30-27-,62-58+. The molecule has 0 rings (SSSR count). The van der Waals surface area contributed by atoms with Gasteiger partial charge in [-0.3, -0.25) is 9.59 Å². The molecule has 0 fully saturated rings. The van der Waals surface area contributed by atoms with E-state index < -0.39 is 12.1 Å². The number of hydrogen-bond donors (Lipinski definition) is 3. The first-order valence-corrected chi connectivity index (χ1v) is 34.6. The van der Waals surface area contributed by atoms with Crippen molar-refractivity contribution in [2.45, 2.75) is 398 Å². The molecule has 1 amide bonds. The Morgan fingerprint density at radius 2 is 0.618 bits per heavy atom. The molecule has 6 heteroatoms. The number of allylic oxidation sites excluding steroid dienone is 3. The molecule has 0 heterocycles. The van der Waals surface area contributed by atoms with Gasteiger partial charge in [0, 0.05) is 12.8 Å². The Hall–Kier alpha value is -1.66. The van der Waals surface area contributed by atoms with Gasteiger partial charge in [-0.05, 0) is 57.8 Å².